The molecule has 0 aromatic heterocycles. The molecule has 2 saturated heterocycles. The van der Waals surface area contributed by atoms with Crippen LogP contribution in [0.5, 0.6) is 5.75 Å². The quantitative estimate of drug-likeness (QED) is 0.268. The smallest absolute Gasteiger partial charge is 0.224 e. The second kappa shape index (κ2) is 14.7. The molecule has 0 aliphatic carbocycles. The van der Waals surface area contributed by atoms with E-state index in [1.807, 2.05) is 17.0 Å². The number of para-hydroxylation sites is 1. The monoisotopic (exact) mass is 571 g/mol. The first-order valence-electron chi connectivity index (χ1n) is 12.3. The van der Waals surface area contributed by atoms with Crippen LogP contribution in [0, 0.1) is 0 Å². The lowest BCUT2D eigenvalue weighted by molar-refractivity contribution is -0.134. The highest BCUT2D eigenvalue weighted by Crippen LogP contribution is 2.31. The highest BCUT2D eigenvalue weighted by molar-refractivity contribution is 14.0. The van der Waals surface area contributed by atoms with Crippen LogP contribution >= 0.6 is 24.0 Å². The van der Waals surface area contributed by atoms with Gasteiger partial charge in [-0.3, -0.25) is 14.7 Å². The predicted molar refractivity (Wildman–Crippen MR) is 146 cm³/mol. The van der Waals surface area contributed by atoms with Gasteiger partial charge in [0.15, 0.2) is 5.96 Å². The molecule has 2 unspecified atom stereocenters. The van der Waals surface area contributed by atoms with Gasteiger partial charge in [0, 0.05) is 37.7 Å². The first-order valence-corrected chi connectivity index (χ1v) is 12.3. The minimum atomic E-state index is 0. The van der Waals surface area contributed by atoms with Crippen molar-refractivity contribution in [3.05, 3.63) is 29.8 Å². The minimum absolute atomic E-state index is 0. The number of benzene rings is 1. The molecule has 0 saturated carbocycles. The van der Waals surface area contributed by atoms with Crippen molar-refractivity contribution in [2.45, 2.75) is 64.5 Å². The van der Waals surface area contributed by atoms with Gasteiger partial charge in [0.25, 0.3) is 0 Å². The molecule has 0 bridgehead atoms. The van der Waals surface area contributed by atoms with Crippen LogP contribution in [-0.2, 0) is 4.79 Å². The molecule has 2 heterocycles. The SMILES string of the molecule is CCNC(=NCC(c1ccccc1OC)N1CCCC1)NCCC(=O)N1CCCCC1C.I. The third-order valence-corrected chi connectivity index (χ3v) is 6.60. The Hall–Kier alpha value is -1.55. The third-order valence-electron chi connectivity index (χ3n) is 6.60. The molecule has 3 rings (SSSR count). The molecule has 2 N–H and O–H groups in total. The molecule has 1 aromatic rings. The van der Waals surface area contributed by atoms with Crippen LogP contribution in [0.15, 0.2) is 29.3 Å². The average Bonchev–Trinajstić information content (AvgIpc) is 3.34. The van der Waals surface area contributed by atoms with Crippen molar-refractivity contribution >= 4 is 35.8 Å². The van der Waals surface area contributed by atoms with Crippen molar-refractivity contribution in [1.82, 2.24) is 20.4 Å². The number of guanidine groups is 1. The molecule has 8 heteroatoms. The van der Waals surface area contributed by atoms with E-state index in [1.165, 1.54) is 24.8 Å². The minimum Gasteiger partial charge on any atom is -0.496 e. The number of nitrogens with zero attached hydrogens (tertiary/aromatic N) is 3. The van der Waals surface area contributed by atoms with Crippen molar-refractivity contribution < 1.29 is 9.53 Å². The molecule has 1 amide bonds. The van der Waals surface area contributed by atoms with Gasteiger partial charge in [-0.05, 0) is 65.1 Å². The lowest BCUT2D eigenvalue weighted by atomic mass is 10.0. The summed E-state index contributed by atoms with van der Waals surface area (Å²) in [6, 6.07) is 8.80. The second-order valence-corrected chi connectivity index (χ2v) is 8.83. The Kier molecular flexibility index (Phi) is 12.3. The molecule has 186 valence electrons. The van der Waals surface area contributed by atoms with Crippen LogP contribution in [0.3, 0.4) is 0 Å². The van der Waals surface area contributed by atoms with Crippen molar-refractivity contribution in [3.8, 4) is 5.75 Å². The molecule has 2 aliphatic rings. The summed E-state index contributed by atoms with van der Waals surface area (Å²) in [5.74, 6) is 1.93. The number of rotatable bonds is 9. The summed E-state index contributed by atoms with van der Waals surface area (Å²) in [5.41, 5.74) is 1.19. The van der Waals surface area contributed by atoms with Crippen LogP contribution in [0.2, 0.25) is 0 Å². The van der Waals surface area contributed by atoms with Gasteiger partial charge in [-0.2, -0.15) is 0 Å². The number of hydrogen-bond acceptors (Lipinski definition) is 4. The van der Waals surface area contributed by atoms with Gasteiger partial charge in [-0.15, -0.1) is 24.0 Å². The molecular weight excluding hydrogens is 529 g/mol. The standard InChI is InChI=1S/C25H41N5O2.HI/c1-4-26-25(27-15-14-24(31)30-18-8-7-11-20(30)2)28-19-22(29-16-9-10-17-29)21-12-5-6-13-23(21)32-3;/h5-6,12-13,20,22H,4,7-11,14-19H2,1-3H3,(H2,26,27,28);1H. The van der Waals surface area contributed by atoms with E-state index in [4.69, 9.17) is 9.73 Å². The maximum absolute atomic E-state index is 12.6. The summed E-state index contributed by atoms with van der Waals surface area (Å²) in [6.45, 7) is 9.32. The fraction of sp³-hybridized carbons (Fsp3) is 0.680. The van der Waals surface area contributed by atoms with E-state index in [-0.39, 0.29) is 35.9 Å². The van der Waals surface area contributed by atoms with Gasteiger partial charge in [-0.25, -0.2) is 0 Å². The van der Waals surface area contributed by atoms with Crippen molar-refractivity contribution in [3.63, 3.8) is 0 Å². The van der Waals surface area contributed by atoms with Gasteiger partial charge in [0.05, 0.1) is 19.7 Å². The van der Waals surface area contributed by atoms with E-state index >= 15 is 0 Å². The van der Waals surface area contributed by atoms with Gasteiger partial charge < -0.3 is 20.3 Å². The number of carbonyl (C=O) groups excluding carboxylic acids is 1. The fourth-order valence-electron chi connectivity index (χ4n) is 4.83. The lowest BCUT2D eigenvalue weighted by Gasteiger charge is -2.33. The van der Waals surface area contributed by atoms with E-state index in [2.05, 4.69) is 41.5 Å². The largest absolute Gasteiger partial charge is 0.496 e. The number of carbonyl (C=O) groups is 1. The van der Waals surface area contributed by atoms with Crippen molar-refractivity contribution in [1.29, 1.82) is 0 Å². The Bertz CT molecular complexity index is 754. The number of methoxy groups -OCH3 is 1. The maximum Gasteiger partial charge on any atom is 0.224 e. The normalized spacial score (nSPS) is 20.2. The lowest BCUT2D eigenvalue weighted by Crippen LogP contribution is -2.44. The Morgan fingerprint density at radius 1 is 1.15 bits per heavy atom. The van der Waals surface area contributed by atoms with Gasteiger partial charge in [-0.1, -0.05) is 18.2 Å². The Balaban J connectivity index is 0.00000385. The first-order chi connectivity index (χ1) is 15.6. The zero-order valence-corrected chi connectivity index (χ0v) is 22.8. The highest BCUT2D eigenvalue weighted by atomic mass is 127. The molecule has 7 nitrogen and oxygen atoms in total. The number of likely N-dealkylation sites (tertiary alicyclic amines) is 2. The summed E-state index contributed by atoms with van der Waals surface area (Å²) < 4.78 is 5.65. The third kappa shape index (κ3) is 8.02. The number of ether oxygens (including phenoxy) is 1. The van der Waals surface area contributed by atoms with E-state index < -0.39 is 0 Å². The fourth-order valence-corrected chi connectivity index (χ4v) is 4.83. The number of amides is 1. The number of aliphatic imine (C=N–C) groups is 1. The van der Waals surface area contributed by atoms with Crippen LogP contribution in [0.25, 0.3) is 0 Å². The maximum atomic E-state index is 12.6. The Morgan fingerprint density at radius 3 is 2.58 bits per heavy atom. The summed E-state index contributed by atoms with van der Waals surface area (Å²) in [6.07, 6.45) is 6.41. The van der Waals surface area contributed by atoms with Gasteiger partial charge >= 0.3 is 0 Å². The van der Waals surface area contributed by atoms with E-state index in [0.717, 1.165) is 50.7 Å². The average molecular weight is 572 g/mol. The van der Waals surface area contributed by atoms with Crippen molar-refractivity contribution in [2.75, 3.05) is 46.4 Å². The topological polar surface area (TPSA) is 69.2 Å². The van der Waals surface area contributed by atoms with Crippen LogP contribution in [-0.4, -0.2) is 74.1 Å². The van der Waals surface area contributed by atoms with Crippen LogP contribution < -0.4 is 15.4 Å². The number of hydrogen-bond donors (Lipinski definition) is 2. The van der Waals surface area contributed by atoms with Gasteiger partial charge in [0.2, 0.25) is 5.91 Å². The molecule has 2 fully saturated rings. The molecule has 33 heavy (non-hydrogen) atoms. The first kappa shape index (κ1) is 27.7. The van der Waals surface area contributed by atoms with E-state index in [1.54, 1.807) is 7.11 Å². The van der Waals surface area contributed by atoms with Crippen LogP contribution in [0.4, 0.5) is 0 Å². The second-order valence-electron chi connectivity index (χ2n) is 8.83. The number of nitrogens with one attached hydrogen (secondary N) is 2. The Labute approximate surface area is 216 Å². The molecule has 0 radical (unpaired) electrons. The summed E-state index contributed by atoms with van der Waals surface area (Å²) in [7, 11) is 1.73. The van der Waals surface area contributed by atoms with E-state index in [9.17, 15) is 4.79 Å². The predicted octanol–water partition coefficient (Wildman–Crippen LogP) is 3.80. The summed E-state index contributed by atoms with van der Waals surface area (Å²) >= 11 is 0. The number of piperidine rings is 1. The highest BCUT2D eigenvalue weighted by Gasteiger charge is 2.26. The van der Waals surface area contributed by atoms with Crippen molar-refractivity contribution in [2.24, 2.45) is 4.99 Å². The van der Waals surface area contributed by atoms with E-state index in [0.29, 0.717) is 25.6 Å². The molecular formula is C25H42IN5O2. The Morgan fingerprint density at radius 2 is 1.88 bits per heavy atom. The zero-order chi connectivity index (χ0) is 22.8. The summed E-state index contributed by atoms with van der Waals surface area (Å²) in [4.78, 5) is 22.1. The van der Waals surface area contributed by atoms with Crippen LogP contribution in [0.1, 0.15) is 64.0 Å². The molecule has 0 spiro atoms. The zero-order valence-electron chi connectivity index (χ0n) is 20.5. The number of halogens is 1. The molecule has 2 atom stereocenters. The van der Waals surface area contributed by atoms with Gasteiger partial charge in [0.1, 0.15) is 5.75 Å². The summed E-state index contributed by atoms with van der Waals surface area (Å²) in [5, 5.41) is 6.71. The molecule has 2 aliphatic heterocycles. The molecule has 1 aromatic carbocycles.